The molecule has 0 unspecified atom stereocenters. The van der Waals surface area contributed by atoms with E-state index < -0.39 is 0 Å². The Labute approximate surface area is 200 Å². The molecule has 1 aromatic carbocycles. The molecule has 5 rings (SSSR count). The lowest BCUT2D eigenvalue weighted by Crippen LogP contribution is -2.35. The molecular weight excluding hydrogens is 436 g/mol. The Balaban J connectivity index is 0.00000245. The zero-order valence-corrected chi connectivity index (χ0v) is 20.7. The van der Waals surface area contributed by atoms with E-state index in [1.54, 1.807) is 11.3 Å². The van der Waals surface area contributed by atoms with Crippen molar-refractivity contribution in [2.24, 2.45) is 5.92 Å². The van der Waals surface area contributed by atoms with E-state index >= 15 is 0 Å². The van der Waals surface area contributed by atoms with Crippen molar-refractivity contribution in [3.8, 4) is 0 Å². The van der Waals surface area contributed by atoms with Gasteiger partial charge in [-0.2, -0.15) is 0 Å². The van der Waals surface area contributed by atoms with Crippen LogP contribution in [0.3, 0.4) is 0 Å². The van der Waals surface area contributed by atoms with Gasteiger partial charge in [0.05, 0.1) is 17.1 Å². The first-order valence-electron chi connectivity index (χ1n) is 11.2. The Bertz CT molecular complexity index is 1190. The minimum atomic E-state index is 0. The van der Waals surface area contributed by atoms with Crippen molar-refractivity contribution in [2.45, 2.75) is 46.6 Å². The molecule has 1 aliphatic rings. The van der Waals surface area contributed by atoms with Crippen LogP contribution in [0.15, 0.2) is 48.8 Å². The van der Waals surface area contributed by atoms with Gasteiger partial charge in [-0.15, -0.1) is 23.7 Å². The second-order valence-electron chi connectivity index (χ2n) is 8.79. The lowest BCUT2D eigenvalue weighted by molar-refractivity contribution is 0.402. The van der Waals surface area contributed by atoms with E-state index in [2.05, 4.69) is 71.6 Å². The number of aryl methyl sites for hydroxylation is 2. The Kier molecular flexibility index (Phi) is 6.87. The topological polar surface area (TPSA) is 34.0 Å². The highest BCUT2D eigenvalue weighted by Crippen LogP contribution is 2.34. The van der Waals surface area contributed by atoms with Crippen LogP contribution in [0.5, 0.6) is 0 Å². The van der Waals surface area contributed by atoms with Crippen molar-refractivity contribution >= 4 is 40.5 Å². The largest absolute Gasteiger partial charge is 0.355 e. The van der Waals surface area contributed by atoms with Gasteiger partial charge in [0.15, 0.2) is 5.82 Å². The molecule has 4 nitrogen and oxygen atoms in total. The molecule has 4 heterocycles. The standard InChI is InChI=1S/C26H30N4S.ClH/c1-18-19(2)30(17-23-16-28-20(3)31-23)25-24(18)9-12-27-26(25)29-13-10-22(11-14-29)15-21-7-5-4-6-8-21;/h4-9,12,16,22H,10-11,13-15,17H2,1-3H3;1H. The fourth-order valence-corrected chi connectivity index (χ4v) is 5.72. The molecular formula is C26H31ClN4S. The third-order valence-electron chi connectivity index (χ3n) is 6.79. The summed E-state index contributed by atoms with van der Waals surface area (Å²) in [5.41, 5.74) is 5.43. The number of nitrogens with zero attached hydrogens (tertiary/aromatic N) is 4. The quantitative estimate of drug-likeness (QED) is 0.343. The SMILES string of the molecule is Cc1ncc(Cn2c(C)c(C)c3ccnc(N4CCC(Cc5ccccc5)CC4)c32)s1.Cl. The van der Waals surface area contributed by atoms with Gasteiger partial charge in [0, 0.05) is 41.4 Å². The molecule has 0 atom stereocenters. The first-order valence-corrected chi connectivity index (χ1v) is 12.1. The summed E-state index contributed by atoms with van der Waals surface area (Å²) in [6.45, 7) is 9.57. The van der Waals surface area contributed by atoms with E-state index in [1.165, 1.54) is 51.9 Å². The molecule has 0 aliphatic carbocycles. The van der Waals surface area contributed by atoms with Crippen molar-refractivity contribution < 1.29 is 0 Å². The van der Waals surface area contributed by atoms with E-state index in [-0.39, 0.29) is 12.4 Å². The molecule has 32 heavy (non-hydrogen) atoms. The smallest absolute Gasteiger partial charge is 0.153 e. The summed E-state index contributed by atoms with van der Waals surface area (Å²) < 4.78 is 2.45. The molecule has 168 valence electrons. The first kappa shape index (κ1) is 22.8. The van der Waals surface area contributed by atoms with Gasteiger partial charge in [-0.25, -0.2) is 9.97 Å². The first-order chi connectivity index (χ1) is 15.1. The van der Waals surface area contributed by atoms with Gasteiger partial charge >= 0.3 is 0 Å². The van der Waals surface area contributed by atoms with Crippen LogP contribution in [0, 0.1) is 26.7 Å². The van der Waals surface area contributed by atoms with Crippen molar-refractivity contribution in [3.05, 3.63) is 75.5 Å². The van der Waals surface area contributed by atoms with Gasteiger partial charge in [-0.05, 0) is 63.1 Å². The average molecular weight is 467 g/mol. The molecule has 0 saturated carbocycles. The second-order valence-corrected chi connectivity index (χ2v) is 10.1. The highest BCUT2D eigenvalue weighted by atomic mass is 35.5. The fraction of sp³-hybridized carbons (Fsp3) is 0.385. The maximum absolute atomic E-state index is 4.89. The maximum atomic E-state index is 4.89. The Morgan fingerprint density at radius 2 is 1.75 bits per heavy atom. The Morgan fingerprint density at radius 3 is 2.44 bits per heavy atom. The molecule has 0 bridgehead atoms. The number of halogens is 1. The zero-order valence-electron chi connectivity index (χ0n) is 19.0. The van der Waals surface area contributed by atoms with Crippen LogP contribution in [0.1, 0.15) is 39.5 Å². The van der Waals surface area contributed by atoms with Crippen LogP contribution in [-0.2, 0) is 13.0 Å². The average Bonchev–Trinajstić information content (AvgIpc) is 3.31. The number of thiazole rings is 1. The van der Waals surface area contributed by atoms with Gasteiger partial charge in [0.1, 0.15) is 0 Å². The molecule has 0 N–H and O–H groups in total. The van der Waals surface area contributed by atoms with Crippen molar-refractivity contribution in [2.75, 3.05) is 18.0 Å². The number of rotatable bonds is 5. The number of pyridine rings is 1. The predicted octanol–water partition coefficient (Wildman–Crippen LogP) is 6.35. The highest BCUT2D eigenvalue weighted by Gasteiger charge is 2.24. The number of anilines is 1. The molecule has 4 aromatic rings. The summed E-state index contributed by atoms with van der Waals surface area (Å²) in [5.74, 6) is 1.90. The van der Waals surface area contributed by atoms with Gasteiger partial charge in [-0.1, -0.05) is 30.3 Å². The number of benzene rings is 1. The number of hydrogen-bond acceptors (Lipinski definition) is 4. The summed E-state index contributed by atoms with van der Waals surface area (Å²) in [4.78, 5) is 13.2. The molecule has 3 aromatic heterocycles. The van der Waals surface area contributed by atoms with Gasteiger partial charge in [-0.3, -0.25) is 0 Å². The maximum Gasteiger partial charge on any atom is 0.153 e. The van der Waals surface area contributed by atoms with Gasteiger partial charge in [0.25, 0.3) is 0 Å². The van der Waals surface area contributed by atoms with E-state index in [0.29, 0.717) is 0 Å². The van der Waals surface area contributed by atoms with E-state index in [1.807, 2.05) is 12.4 Å². The van der Waals surface area contributed by atoms with E-state index in [0.717, 1.165) is 36.4 Å². The van der Waals surface area contributed by atoms with Crippen molar-refractivity contribution in [1.29, 1.82) is 0 Å². The van der Waals surface area contributed by atoms with Crippen LogP contribution in [0.4, 0.5) is 5.82 Å². The Morgan fingerprint density at radius 1 is 1.00 bits per heavy atom. The monoisotopic (exact) mass is 466 g/mol. The number of aromatic nitrogens is 3. The van der Waals surface area contributed by atoms with Crippen LogP contribution >= 0.6 is 23.7 Å². The molecule has 0 spiro atoms. The lowest BCUT2D eigenvalue weighted by atomic mass is 9.90. The molecule has 6 heteroatoms. The van der Waals surface area contributed by atoms with Gasteiger partial charge in [0.2, 0.25) is 0 Å². The van der Waals surface area contributed by atoms with Gasteiger partial charge < -0.3 is 9.47 Å². The summed E-state index contributed by atoms with van der Waals surface area (Å²) in [6, 6.07) is 13.1. The fourth-order valence-electron chi connectivity index (χ4n) is 4.94. The molecule has 1 fully saturated rings. The van der Waals surface area contributed by atoms with Crippen molar-refractivity contribution in [1.82, 2.24) is 14.5 Å². The van der Waals surface area contributed by atoms with E-state index in [4.69, 9.17) is 4.98 Å². The third kappa shape index (κ3) is 4.41. The minimum Gasteiger partial charge on any atom is -0.355 e. The highest BCUT2D eigenvalue weighted by molar-refractivity contribution is 7.11. The van der Waals surface area contributed by atoms with Crippen LogP contribution in [-0.4, -0.2) is 27.6 Å². The Hall–Kier alpha value is -2.37. The number of fused-ring (bicyclic) bond motifs is 1. The summed E-state index contributed by atoms with van der Waals surface area (Å²) >= 11 is 1.79. The molecule has 0 amide bonds. The minimum absolute atomic E-state index is 0. The normalized spacial score (nSPS) is 14.7. The number of hydrogen-bond donors (Lipinski definition) is 0. The second kappa shape index (κ2) is 9.63. The number of piperidine rings is 1. The van der Waals surface area contributed by atoms with Crippen LogP contribution < -0.4 is 4.90 Å². The molecule has 1 saturated heterocycles. The van der Waals surface area contributed by atoms with Crippen molar-refractivity contribution in [3.63, 3.8) is 0 Å². The van der Waals surface area contributed by atoms with E-state index in [9.17, 15) is 0 Å². The van der Waals surface area contributed by atoms with Crippen LogP contribution in [0.25, 0.3) is 10.9 Å². The lowest BCUT2D eigenvalue weighted by Gasteiger charge is -2.33. The predicted molar refractivity (Wildman–Crippen MR) is 137 cm³/mol. The van der Waals surface area contributed by atoms with Crippen LogP contribution in [0.2, 0.25) is 0 Å². The molecule has 1 aliphatic heterocycles. The zero-order chi connectivity index (χ0) is 21.4. The summed E-state index contributed by atoms with van der Waals surface area (Å²) in [5, 5.41) is 2.45. The summed E-state index contributed by atoms with van der Waals surface area (Å²) in [6.07, 6.45) is 7.64. The third-order valence-corrected chi connectivity index (χ3v) is 7.69. The molecule has 0 radical (unpaired) electrons. The summed E-state index contributed by atoms with van der Waals surface area (Å²) in [7, 11) is 0.